The summed E-state index contributed by atoms with van der Waals surface area (Å²) in [5.74, 6) is -1.75. The van der Waals surface area contributed by atoms with E-state index >= 15 is 0 Å². The Labute approximate surface area is 129 Å². The van der Waals surface area contributed by atoms with Crippen molar-refractivity contribution in [1.29, 1.82) is 0 Å². The number of carbonyl (C=O) groups is 1. The average molecular weight is 355 g/mol. The lowest BCUT2D eigenvalue weighted by Gasteiger charge is -2.15. The van der Waals surface area contributed by atoms with Gasteiger partial charge in [-0.1, -0.05) is 15.9 Å². The molecule has 3 nitrogen and oxygen atoms in total. The van der Waals surface area contributed by atoms with Crippen LogP contribution in [-0.4, -0.2) is 11.9 Å². The molecule has 1 unspecified atom stereocenters. The summed E-state index contributed by atoms with van der Waals surface area (Å²) in [6, 6.07) is 9.58. The van der Waals surface area contributed by atoms with Crippen LogP contribution >= 0.6 is 15.9 Å². The first kappa shape index (κ1) is 15.4. The largest absolute Gasteiger partial charge is 0.374 e. The van der Waals surface area contributed by atoms with Gasteiger partial charge in [0, 0.05) is 16.2 Å². The summed E-state index contributed by atoms with van der Waals surface area (Å²) in [5.41, 5.74) is 0.574. The van der Waals surface area contributed by atoms with Gasteiger partial charge in [0.25, 0.3) is 0 Å². The van der Waals surface area contributed by atoms with E-state index < -0.39 is 23.6 Å². The third kappa shape index (κ3) is 4.26. The number of hydrogen-bond donors (Lipinski definition) is 2. The first-order valence-electron chi connectivity index (χ1n) is 6.24. The Balaban J connectivity index is 2.02. The van der Waals surface area contributed by atoms with Crippen LogP contribution in [0.3, 0.4) is 0 Å². The van der Waals surface area contributed by atoms with Crippen LogP contribution in [-0.2, 0) is 4.79 Å². The Morgan fingerprint density at radius 1 is 1.14 bits per heavy atom. The zero-order valence-electron chi connectivity index (χ0n) is 11.2. The summed E-state index contributed by atoms with van der Waals surface area (Å²) in [5, 5.41) is 5.33. The zero-order valence-corrected chi connectivity index (χ0v) is 12.7. The molecule has 0 spiro atoms. The molecule has 0 aliphatic rings. The maximum absolute atomic E-state index is 13.5. The molecule has 6 heteroatoms. The number of carbonyl (C=O) groups excluding carboxylic acids is 1. The van der Waals surface area contributed by atoms with Crippen molar-refractivity contribution in [1.82, 2.24) is 0 Å². The molecule has 1 atom stereocenters. The van der Waals surface area contributed by atoms with Crippen molar-refractivity contribution in [3.8, 4) is 0 Å². The summed E-state index contributed by atoms with van der Waals surface area (Å²) < 4.78 is 27.4. The van der Waals surface area contributed by atoms with Crippen molar-refractivity contribution in [2.24, 2.45) is 0 Å². The van der Waals surface area contributed by atoms with Crippen molar-refractivity contribution in [2.45, 2.75) is 13.0 Å². The lowest BCUT2D eigenvalue weighted by molar-refractivity contribution is -0.116. The number of rotatable bonds is 4. The van der Waals surface area contributed by atoms with Crippen molar-refractivity contribution in [3.63, 3.8) is 0 Å². The average Bonchev–Trinajstić information content (AvgIpc) is 2.45. The SMILES string of the molecule is CC(Nc1ccc(Br)cc1)C(=O)Nc1cc(F)ccc1F. The summed E-state index contributed by atoms with van der Waals surface area (Å²) in [6.45, 7) is 1.63. The third-order valence-corrected chi connectivity index (χ3v) is 3.34. The van der Waals surface area contributed by atoms with Crippen LogP contribution < -0.4 is 10.6 Å². The van der Waals surface area contributed by atoms with Gasteiger partial charge in [-0.05, 0) is 43.3 Å². The first-order chi connectivity index (χ1) is 9.95. The quantitative estimate of drug-likeness (QED) is 0.865. The molecule has 0 radical (unpaired) electrons. The molecule has 2 aromatic carbocycles. The van der Waals surface area contributed by atoms with E-state index in [1.807, 2.05) is 12.1 Å². The molecule has 0 saturated heterocycles. The van der Waals surface area contributed by atoms with E-state index in [-0.39, 0.29) is 5.69 Å². The van der Waals surface area contributed by atoms with Crippen molar-refractivity contribution in [2.75, 3.05) is 10.6 Å². The van der Waals surface area contributed by atoms with E-state index in [0.717, 1.165) is 28.4 Å². The van der Waals surface area contributed by atoms with E-state index in [0.29, 0.717) is 0 Å². The normalized spacial score (nSPS) is 11.8. The third-order valence-electron chi connectivity index (χ3n) is 2.81. The smallest absolute Gasteiger partial charge is 0.246 e. The van der Waals surface area contributed by atoms with Crippen molar-refractivity contribution >= 4 is 33.2 Å². The molecule has 0 heterocycles. The molecule has 0 saturated carbocycles. The lowest BCUT2D eigenvalue weighted by Crippen LogP contribution is -2.32. The van der Waals surface area contributed by atoms with Gasteiger partial charge in [-0.15, -0.1) is 0 Å². The van der Waals surface area contributed by atoms with Gasteiger partial charge in [0.05, 0.1) is 5.69 Å². The number of nitrogens with one attached hydrogen (secondary N) is 2. The van der Waals surface area contributed by atoms with Crippen LogP contribution in [0.1, 0.15) is 6.92 Å². The van der Waals surface area contributed by atoms with Crippen molar-refractivity contribution in [3.05, 3.63) is 58.6 Å². The standard InChI is InChI=1S/C15H13BrF2N2O/c1-9(19-12-5-2-10(16)3-6-12)15(21)20-14-8-11(17)4-7-13(14)18/h2-9,19H,1H3,(H,20,21). The van der Waals surface area contributed by atoms with Gasteiger partial charge in [-0.3, -0.25) is 4.79 Å². The predicted molar refractivity (Wildman–Crippen MR) is 82.2 cm³/mol. The van der Waals surface area contributed by atoms with Crippen molar-refractivity contribution < 1.29 is 13.6 Å². The predicted octanol–water partition coefficient (Wildman–Crippen LogP) is 4.17. The Morgan fingerprint density at radius 2 is 1.81 bits per heavy atom. The highest BCUT2D eigenvalue weighted by atomic mass is 79.9. The first-order valence-corrected chi connectivity index (χ1v) is 7.03. The molecule has 2 N–H and O–H groups in total. The molecular weight excluding hydrogens is 342 g/mol. The highest BCUT2D eigenvalue weighted by Crippen LogP contribution is 2.17. The molecule has 1 amide bonds. The summed E-state index contributed by atoms with van der Waals surface area (Å²) in [4.78, 5) is 12.0. The minimum absolute atomic E-state index is 0.176. The summed E-state index contributed by atoms with van der Waals surface area (Å²) in [7, 11) is 0. The Kier molecular flexibility index (Phi) is 4.90. The van der Waals surface area contributed by atoms with Gasteiger partial charge in [0.1, 0.15) is 17.7 Å². The molecule has 21 heavy (non-hydrogen) atoms. The molecule has 0 aromatic heterocycles. The number of hydrogen-bond acceptors (Lipinski definition) is 2. The minimum atomic E-state index is -0.680. The second kappa shape index (κ2) is 6.67. The number of halogens is 3. The second-order valence-electron chi connectivity index (χ2n) is 4.49. The number of anilines is 2. The van der Waals surface area contributed by atoms with E-state index in [1.165, 1.54) is 0 Å². The topological polar surface area (TPSA) is 41.1 Å². The zero-order chi connectivity index (χ0) is 15.4. The van der Waals surface area contributed by atoms with Crippen LogP contribution in [0.4, 0.5) is 20.2 Å². The maximum atomic E-state index is 13.5. The van der Waals surface area contributed by atoms with Gasteiger partial charge in [0.15, 0.2) is 0 Å². The Morgan fingerprint density at radius 3 is 2.48 bits per heavy atom. The van der Waals surface area contributed by atoms with Crippen LogP contribution in [0, 0.1) is 11.6 Å². The van der Waals surface area contributed by atoms with Crippen LogP contribution in [0.15, 0.2) is 46.9 Å². The maximum Gasteiger partial charge on any atom is 0.246 e. The van der Waals surface area contributed by atoms with E-state index in [1.54, 1.807) is 19.1 Å². The van der Waals surface area contributed by atoms with Crippen LogP contribution in [0.2, 0.25) is 0 Å². The summed E-state index contributed by atoms with van der Waals surface area (Å²) in [6.07, 6.45) is 0. The molecule has 0 aliphatic heterocycles. The number of benzene rings is 2. The fourth-order valence-corrected chi connectivity index (χ4v) is 1.96. The minimum Gasteiger partial charge on any atom is -0.374 e. The molecule has 0 aliphatic carbocycles. The molecule has 0 bridgehead atoms. The van der Waals surface area contributed by atoms with Gasteiger partial charge >= 0.3 is 0 Å². The Hall–Kier alpha value is -1.95. The van der Waals surface area contributed by atoms with Crippen LogP contribution in [0.25, 0.3) is 0 Å². The monoisotopic (exact) mass is 354 g/mol. The number of amides is 1. The lowest BCUT2D eigenvalue weighted by atomic mass is 10.2. The van der Waals surface area contributed by atoms with E-state index in [2.05, 4.69) is 26.6 Å². The molecular formula is C15H13BrF2N2O. The van der Waals surface area contributed by atoms with Gasteiger partial charge in [-0.2, -0.15) is 0 Å². The van der Waals surface area contributed by atoms with E-state index in [4.69, 9.17) is 0 Å². The molecule has 2 aromatic rings. The summed E-state index contributed by atoms with van der Waals surface area (Å²) >= 11 is 3.32. The highest BCUT2D eigenvalue weighted by Gasteiger charge is 2.15. The van der Waals surface area contributed by atoms with E-state index in [9.17, 15) is 13.6 Å². The van der Waals surface area contributed by atoms with Gasteiger partial charge < -0.3 is 10.6 Å². The second-order valence-corrected chi connectivity index (χ2v) is 5.40. The Bertz CT molecular complexity index is 647. The fourth-order valence-electron chi connectivity index (χ4n) is 1.70. The molecule has 2 rings (SSSR count). The highest BCUT2D eigenvalue weighted by molar-refractivity contribution is 9.10. The van der Waals surface area contributed by atoms with Crippen LogP contribution in [0.5, 0.6) is 0 Å². The van der Waals surface area contributed by atoms with Gasteiger partial charge in [0.2, 0.25) is 5.91 Å². The fraction of sp³-hybridized carbons (Fsp3) is 0.133. The van der Waals surface area contributed by atoms with Gasteiger partial charge in [-0.25, -0.2) is 8.78 Å². The molecule has 110 valence electrons. The molecule has 0 fully saturated rings.